The van der Waals surface area contributed by atoms with Gasteiger partial charge in [0.25, 0.3) is 0 Å². The van der Waals surface area contributed by atoms with E-state index in [2.05, 4.69) is 60.7 Å². The number of hydrogen-bond acceptors (Lipinski definition) is 4. The van der Waals surface area contributed by atoms with E-state index in [4.69, 9.17) is 0 Å². The summed E-state index contributed by atoms with van der Waals surface area (Å²) >= 11 is 3.61. The highest BCUT2D eigenvalue weighted by Crippen LogP contribution is 2.25. The SMILES string of the molecule is Cc1cccc(SCc2nc(CNC(C)C)cs2)c1. The summed E-state index contributed by atoms with van der Waals surface area (Å²) in [7, 11) is 0. The zero-order valence-electron chi connectivity index (χ0n) is 11.6. The third-order valence-electron chi connectivity index (χ3n) is 2.64. The third-order valence-corrected chi connectivity index (χ3v) is 4.73. The fraction of sp³-hybridized carbons (Fsp3) is 0.400. The number of aromatic nitrogens is 1. The summed E-state index contributed by atoms with van der Waals surface area (Å²) in [4.78, 5) is 5.97. The van der Waals surface area contributed by atoms with E-state index >= 15 is 0 Å². The van der Waals surface area contributed by atoms with Crippen molar-refractivity contribution in [1.82, 2.24) is 10.3 Å². The highest BCUT2D eigenvalue weighted by molar-refractivity contribution is 7.98. The molecule has 1 N–H and O–H groups in total. The summed E-state index contributed by atoms with van der Waals surface area (Å²) in [5, 5.41) is 6.75. The van der Waals surface area contributed by atoms with Crippen LogP contribution in [0.3, 0.4) is 0 Å². The van der Waals surface area contributed by atoms with Gasteiger partial charge in [-0.1, -0.05) is 31.5 Å². The van der Waals surface area contributed by atoms with Crippen LogP contribution < -0.4 is 5.32 Å². The predicted octanol–water partition coefficient (Wildman–Crippen LogP) is 4.24. The molecule has 102 valence electrons. The van der Waals surface area contributed by atoms with Crippen molar-refractivity contribution in [2.45, 2.75) is 44.0 Å². The molecule has 0 aliphatic heterocycles. The van der Waals surface area contributed by atoms with E-state index in [0.29, 0.717) is 6.04 Å². The van der Waals surface area contributed by atoms with Crippen LogP contribution in [0.2, 0.25) is 0 Å². The minimum absolute atomic E-state index is 0.506. The molecular formula is C15H20N2S2. The van der Waals surface area contributed by atoms with E-state index < -0.39 is 0 Å². The normalized spacial score (nSPS) is 11.2. The van der Waals surface area contributed by atoms with Crippen LogP contribution in [-0.4, -0.2) is 11.0 Å². The average Bonchev–Trinajstić information content (AvgIpc) is 2.82. The van der Waals surface area contributed by atoms with Gasteiger partial charge in [0.2, 0.25) is 0 Å². The smallest absolute Gasteiger partial charge is 0.103 e. The number of nitrogens with one attached hydrogen (secondary N) is 1. The molecule has 0 fully saturated rings. The van der Waals surface area contributed by atoms with Crippen molar-refractivity contribution in [1.29, 1.82) is 0 Å². The molecule has 0 radical (unpaired) electrons. The van der Waals surface area contributed by atoms with Gasteiger partial charge in [0.15, 0.2) is 0 Å². The van der Waals surface area contributed by atoms with Gasteiger partial charge in [0.1, 0.15) is 5.01 Å². The minimum atomic E-state index is 0.506. The van der Waals surface area contributed by atoms with Crippen LogP contribution in [0, 0.1) is 6.92 Å². The Labute approximate surface area is 123 Å². The molecular weight excluding hydrogens is 272 g/mol. The first kappa shape index (κ1) is 14.6. The van der Waals surface area contributed by atoms with Crippen LogP contribution in [-0.2, 0) is 12.3 Å². The van der Waals surface area contributed by atoms with Crippen LogP contribution in [0.1, 0.15) is 30.1 Å². The van der Waals surface area contributed by atoms with Crippen molar-refractivity contribution in [2.75, 3.05) is 0 Å². The fourth-order valence-electron chi connectivity index (χ4n) is 1.66. The van der Waals surface area contributed by atoms with Gasteiger partial charge in [-0.3, -0.25) is 0 Å². The molecule has 0 unspecified atom stereocenters. The van der Waals surface area contributed by atoms with Crippen molar-refractivity contribution in [2.24, 2.45) is 0 Å². The highest BCUT2D eigenvalue weighted by atomic mass is 32.2. The second-order valence-corrected chi connectivity index (χ2v) is 6.86. The monoisotopic (exact) mass is 292 g/mol. The van der Waals surface area contributed by atoms with E-state index in [0.717, 1.165) is 18.0 Å². The molecule has 0 atom stereocenters. The number of rotatable bonds is 6. The van der Waals surface area contributed by atoms with Gasteiger partial charge < -0.3 is 5.32 Å². The molecule has 0 amide bonds. The number of aryl methyl sites for hydroxylation is 1. The van der Waals surface area contributed by atoms with Gasteiger partial charge in [-0.2, -0.15) is 0 Å². The van der Waals surface area contributed by atoms with Crippen LogP contribution in [0.5, 0.6) is 0 Å². The minimum Gasteiger partial charge on any atom is -0.309 e. The van der Waals surface area contributed by atoms with Crippen molar-refractivity contribution in [3.8, 4) is 0 Å². The Hall–Kier alpha value is -0.840. The zero-order valence-corrected chi connectivity index (χ0v) is 13.3. The topological polar surface area (TPSA) is 24.9 Å². The van der Waals surface area contributed by atoms with Gasteiger partial charge in [0, 0.05) is 22.9 Å². The fourth-order valence-corrected chi connectivity index (χ4v) is 3.48. The van der Waals surface area contributed by atoms with Crippen LogP contribution in [0.15, 0.2) is 34.5 Å². The maximum Gasteiger partial charge on any atom is 0.103 e. The quantitative estimate of drug-likeness (QED) is 0.806. The van der Waals surface area contributed by atoms with Gasteiger partial charge in [-0.05, 0) is 19.1 Å². The summed E-state index contributed by atoms with van der Waals surface area (Å²) in [5.41, 5.74) is 2.46. The first-order chi connectivity index (χ1) is 9.13. The lowest BCUT2D eigenvalue weighted by molar-refractivity contribution is 0.582. The van der Waals surface area contributed by atoms with E-state index in [9.17, 15) is 0 Å². The van der Waals surface area contributed by atoms with Gasteiger partial charge >= 0.3 is 0 Å². The number of hydrogen-bond donors (Lipinski definition) is 1. The van der Waals surface area contributed by atoms with Crippen LogP contribution >= 0.6 is 23.1 Å². The van der Waals surface area contributed by atoms with Crippen molar-refractivity contribution in [3.63, 3.8) is 0 Å². The van der Waals surface area contributed by atoms with E-state index in [1.54, 1.807) is 11.3 Å². The van der Waals surface area contributed by atoms with Gasteiger partial charge in [-0.25, -0.2) is 4.98 Å². The molecule has 1 heterocycles. The lowest BCUT2D eigenvalue weighted by Gasteiger charge is -2.04. The number of thioether (sulfide) groups is 1. The molecule has 1 aromatic carbocycles. The molecule has 2 aromatic rings. The molecule has 4 heteroatoms. The largest absolute Gasteiger partial charge is 0.309 e. The second-order valence-electron chi connectivity index (χ2n) is 4.87. The molecule has 0 bridgehead atoms. The standard InChI is InChI=1S/C15H20N2S2/c1-11(2)16-8-13-9-19-15(17-13)10-18-14-6-4-5-12(3)7-14/h4-7,9,11,16H,8,10H2,1-3H3. The number of thiazole rings is 1. The Kier molecular flexibility index (Phi) is 5.43. The first-order valence-electron chi connectivity index (χ1n) is 6.49. The summed E-state index contributed by atoms with van der Waals surface area (Å²) in [5.74, 6) is 0.954. The Bertz CT molecular complexity index is 520. The lowest BCUT2D eigenvalue weighted by Crippen LogP contribution is -2.21. The summed E-state index contributed by atoms with van der Waals surface area (Å²) in [6.07, 6.45) is 0. The Morgan fingerprint density at radius 2 is 2.21 bits per heavy atom. The molecule has 0 aliphatic carbocycles. The molecule has 0 saturated carbocycles. The van der Waals surface area contributed by atoms with E-state index in [1.807, 2.05) is 11.8 Å². The predicted molar refractivity (Wildman–Crippen MR) is 84.8 cm³/mol. The van der Waals surface area contributed by atoms with Crippen molar-refractivity contribution >= 4 is 23.1 Å². The Morgan fingerprint density at radius 1 is 1.37 bits per heavy atom. The summed E-state index contributed by atoms with van der Waals surface area (Å²) in [6, 6.07) is 9.12. The molecule has 1 aromatic heterocycles. The maximum absolute atomic E-state index is 4.65. The molecule has 0 saturated heterocycles. The Morgan fingerprint density at radius 3 is 2.95 bits per heavy atom. The molecule has 0 spiro atoms. The first-order valence-corrected chi connectivity index (χ1v) is 8.36. The molecule has 0 aliphatic rings. The van der Waals surface area contributed by atoms with E-state index in [-0.39, 0.29) is 0 Å². The second kappa shape index (κ2) is 7.08. The highest BCUT2D eigenvalue weighted by Gasteiger charge is 2.04. The number of nitrogens with zero attached hydrogens (tertiary/aromatic N) is 1. The summed E-state index contributed by atoms with van der Waals surface area (Å²) in [6.45, 7) is 7.30. The Balaban J connectivity index is 1.86. The third kappa shape index (κ3) is 4.97. The van der Waals surface area contributed by atoms with Crippen LogP contribution in [0.25, 0.3) is 0 Å². The zero-order chi connectivity index (χ0) is 13.7. The maximum atomic E-state index is 4.65. The molecule has 19 heavy (non-hydrogen) atoms. The lowest BCUT2D eigenvalue weighted by atomic mass is 10.2. The van der Waals surface area contributed by atoms with E-state index in [1.165, 1.54) is 15.5 Å². The van der Waals surface area contributed by atoms with Gasteiger partial charge in [-0.15, -0.1) is 23.1 Å². The summed E-state index contributed by atoms with van der Waals surface area (Å²) < 4.78 is 0. The van der Waals surface area contributed by atoms with Gasteiger partial charge in [0.05, 0.1) is 11.4 Å². The van der Waals surface area contributed by atoms with Crippen molar-refractivity contribution < 1.29 is 0 Å². The van der Waals surface area contributed by atoms with Crippen molar-refractivity contribution in [3.05, 3.63) is 45.9 Å². The van der Waals surface area contributed by atoms with Crippen LogP contribution in [0.4, 0.5) is 0 Å². The average molecular weight is 292 g/mol. The molecule has 2 nitrogen and oxygen atoms in total. The molecule has 2 rings (SSSR count). The number of benzene rings is 1.